The number of allylic oxidation sites excluding steroid dienone is 1. The number of ketones is 1. The van der Waals surface area contributed by atoms with Crippen LogP contribution < -0.4 is 10.2 Å². The lowest BCUT2D eigenvalue weighted by Crippen LogP contribution is -2.08. The van der Waals surface area contributed by atoms with Gasteiger partial charge in [-0.2, -0.15) is 0 Å². The van der Waals surface area contributed by atoms with Crippen LogP contribution in [0.3, 0.4) is 0 Å². The van der Waals surface area contributed by atoms with Gasteiger partial charge in [0.2, 0.25) is 0 Å². The molecule has 0 aliphatic carbocycles. The first-order valence-corrected chi connectivity index (χ1v) is 7.38. The SMILES string of the molecule is CNc1ccc(C=CC(=O)c2ccc(N(C)C)cc2)cc1[N+](=O)[O-]. The minimum atomic E-state index is -0.453. The van der Waals surface area contributed by atoms with Crippen LogP contribution in [0.4, 0.5) is 17.1 Å². The van der Waals surface area contributed by atoms with Crippen LogP contribution in [0.1, 0.15) is 15.9 Å². The van der Waals surface area contributed by atoms with Crippen LogP contribution in [0.15, 0.2) is 48.5 Å². The van der Waals surface area contributed by atoms with E-state index in [9.17, 15) is 14.9 Å². The van der Waals surface area contributed by atoms with E-state index in [0.717, 1.165) is 5.69 Å². The van der Waals surface area contributed by atoms with E-state index in [2.05, 4.69) is 5.32 Å². The third-order valence-electron chi connectivity index (χ3n) is 3.58. The fraction of sp³-hybridized carbons (Fsp3) is 0.167. The molecular weight excluding hydrogens is 306 g/mol. The second kappa shape index (κ2) is 7.41. The van der Waals surface area contributed by atoms with Gasteiger partial charge >= 0.3 is 0 Å². The van der Waals surface area contributed by atoms with Gasteiger partial charge in [0.25, 0.3) is 5.69 Å². The first-order chi connectivity index (χ1) is 11.4. The summed E-state index contributed by atoms with van der Waals surface area (Å²) in [6, 6.07) is 12.0. The summed E-state index contributed by atoms with van der Waals surface area (Å²) >= 11 is 0. The highest BCUT2D eigenvalue weighted by atomic mass is 16.6. The Morgan fingerprint density at radius 3 is 2.38 bits per heavy atom. The molecule has 24 heavy (non-hydrogen) atoms. The Labute approximate surface area is 140 Å². The molecule has 0 unspecified atom stereocenters. The minimum Gasteiger partial charge on any atom is -0.383 e. The lowest BCUT2D eigenvalue weighted by molar-refractivity contribution is -0.383. The molecule has 0 spiro atoms. The summed E-state index contributed by atoms with van der Waals surface area (Å²) in [4.78, 5) is 24.7. The minimum absolute atomic E-state index is 0.0255. The summed E-state index contributed by atoms with van der Waals surface area (Å²) in [5.74, 6) is -0.152. The van der Waals surface area contributed by atoms with Crippen LogP contribution >= 0.6 is 0 Å². The van der Waals surface area contributed by atoms with Crippen molar-refractivity contribution in [1.29, 1.82) is 0 Å². The van der Waals surface area contributed by atoms with Crippen LogP contribution in [-0.2, 0) is 0 Å². The van der Waals surface area contributed by atoms with E-state index in [4.69, 9.17) is 0 Å². The zero-order chi connectivity index (χ0) is 17.7. The van der Waals surface area contributed by atoms with Gasteiger partial charge in [-0.25, -0.2) is 0 Å². The maximum Gasteiger partial charge on any atom is 0.292 e. The number of nitrogens with one attached hydrogen (secondary N) is 1. The van der Waals surface area contributed by atoms with Gasteiger partial charge in [0.15, 0.2) is 5.78 Å². The van der Waals surface area contributed by atoms with Crippen molar-refractivity contribution in [2.45, 2.75) is 0 Å². The van der Waals surface area contributed by atoms with Gasteiger partial charge in [-0.3, -0.25) is 14.9 Å². The molecule has 2 aromatic rings. The predicted octanol–water partition coefficient (Wildman–Crippen LogP) is 3.60. The molecule has 0 amide bonds. The lowest BCUT2D eigenvalue weighted by Gasteiger charge is -2.11. The molecule has 0 radical (unpaired) electrons. The molecule has 0 saturated heterocycles. The molecule has 6 nitrogen and oxygen atoms in total. The Morgan fingerprint density at radius 2 is 1.83 bits per heavy atom. The van der Waals surface area contributed by atoms with Crippen molar-refractivity contribution in [3.8, 4) is 0 Å². The van der Waals surface area contributed by atoms with Gasteiger partial charge in [0.05, 0.1) is 4.92 Å². The highest BCUT2D eigenvalue weighted by Crippen LogP contribution is 2.25. The number of carbonyl (C=O) groups excluding carboxylic acids is 1. The Bertz CT molecular complexity index is 781. The van der Waals surface area contributed by atoms with Crippen LogP contribution in [0.5, 0.6) is 0 Å². The van der Waals surface area contributed by atoms with Crippen molar-refractivity contribution < 1.29 is 9.72 Å². The molecule has 0 atom stereocenters. The largest absolute Gasteiger partial charge is 0.383 e. The number of rotatable bonds is 6. The lowest BCUT2D eigenvalue weighted by atomic mass is 10.1. The number of hydrogen-bond donors (Lipinski definition) is 1. The second-order valence-corrected chi connectivity index (χ2v) is 5.42. The molecule has 0 heterocycles. The van der Waals surface area contributed by atoms with Crippen LogP contribution in [0.2, 0.25) is 0 Å². The topological polar surface area (TPSA) is 75.5 Å². The van der Waals surface area contributed by atoms with Crippen LogP contribution in [-0.4, -0.2) is 31.8 Å². The summed E-state index contributed by atoms with van der Waals surface area (Å²) < 4.78 is 0. The highest BCUT2D eigenvalue weighted by molar-refractivity contribution is 6.07. The van der Waals surface area contributed by atoms with E-state index >= 15 is 0 Å². The molecule has 0 fully saturated rings. The molecule has 2 rings (SSSR count). The van der Waals surface area contributed by atoms with E-state index in [-0.39, 0.29) is 11.5 Å². The standard InChI is InChI=1S/C18H19N3O3/c1-19-16-10-4-13(12-17(16)21(23)24)5-11-18(22)14-6-8-15(9-7-14)20(2)3/h4-12,19H,1-3H3. The average Bonchev–Trinajstić information content (AvgIpc) is 2.59. The quantitative estimate of drug-likeness (QED) is 0.380. The van der Waals surface area contributed by atoms with Crippen molar-refractivity contribution in [3.05, 3.63) is 69.8 Å². The number of benzene rings is 2. The zero-order valence-electron chi connectivity index (χ0n) is 13.8. The highest BCUT2D eigenvalue weighted by Gasteiger charge is 2.12. The van der Waals surface area contributed by atoms with Gasteiger partial charge < -0.3 is 10.2 Å². The monoisotopic (exact) mass is 325 g/mol. The number of carbonyl (C=O) groups is 1. The predicted molar refractivity (Wildman–Crippen MR) is 96.8 cm³/mol. The Balaban J connectivity index is 2.19. The van der Waals surface area contributed by atoms with E-state index in [1.807, 2.05) is 31.1 Å². The Morgan fingerprint density at radius 1 is 1.17 bits per heavy atom. The molecule has 0 aromatic heterocycles. The fourth-order valence-corrected chi connectivity index (χ4v) is 2.21. The molecule has 0 aliphatic rings. The Hall–Kier alpha value is -3.15. The maximum absolute atomic E-state index is 12.2. The fourth-order valence-electron chi connectivity index (χ4n) is 2.21. The normalized spacial score (nSPS) is 10.6. The van der Waals surface area contributed by atoms with E-state index in [0.29, 0.717) is 16.8 Å². The molecule has 1 N–H and O–H groups in total. The zero-order valence-corrected chi connectivity index (χ0v) is 13.8. The molecule has 0 bridgehead atoms. The summed E-state index contributed by atoms with van der Waals surface area (Å²) in [5, 5.41) is 13.8. The molecule has 124 valence electrons. The number of anilines is 2. The average molecular weight is 325 g/mol. The molecule has 6 heteroatoms. The number of nitrogens with zero attached hydrogens (tertiary/aromatic N) is 2. The van der Waals surface area contributed by atoms with Gasteiger partial charge in [-0.1, -0.05) is 12.1 Å². The summed E-state index contributed by atoms with van der Waals surface area (Å²) in [7, 11) is 5.48. The Kier molecular flexibility index (Phi) is 5.31. The molecular formula is C18H19N3O3. The first-order valence-electron chi connectivity index (χ1n) is 7.38. The summed E-state index contributed by atoms with van der Waals surface area (Å²) in [6.45, 7) is 0. The van der Waals surface area contributed by atoms with E-state index in [1.165, 1.54) is 12.1 Å². The van der Waals surface area contributed by atoms with Gasteiger partial charge in [-0.15, -0.1) is 0 Å². The number of nitro groups is 1. The second-order valence-electron chi connectivity index (χ2n) is 5.42. The van der Waals surface area contributed by atoms with Crippen molar-refractivity contribution in [1.82, 2.24) is 0 Å². The van der Waals surface area contributed by atoms with Gasteiger partial charge in [-0.05, 0) is 42.0 Å². The summed E-state index contributed by atoms with van der Waals surface area (Å²) in [5.41, 5.74) is 2.58. The summed E-state index contributed by atoms with van der Waals surface area (Å²) in [6.07, 6.45) is 3.00. The first kappa shape index (κ1) is 17.2. The molecule has 0 saturated carbocycles. The van der Waals surface area contributed by atoms with Crippen molar-refractivity contribution >= 4 is 28.9 Å². The van der Waals surface area contributed by atoms with Gasteiger partial charge in [0.1, 0.15) is 5.69 Å². The van der Waals surface area contributed by atoms with E-state index < -0.39 is 4.92 Å². The smallest absolute Gasteiger partial charge is 0.292 e. The number of hydrogen-bond acceptors (Lipinski definition) is 5. The third-order valence-corrected chi connectivity index (χ3v) is 3.58. The van der Waals surface area contributed by atoms with E-state index in [1.54, 1.807) is 37.4 Å². The van der Waals surface area contributed by atoms with Crippen molar-refractivity contribution in [2.24, 2.45) is 0 Å². The van der Waals surface area contributed by atoms with Gasteiger partial charge in [0, 0.05) is 38.5 Å². The third kappa shape index (κ3) is 3.98. The van der Waals surface area contributed by atoms with Crippen molar-refractivity contribution in [2.75, 3.05) is 31.4 Å². The van der Waals surface area contributed by atoms with Crippen LogP contribution in [0, 0.1) is 10.1 Å². The maximum atomic E-state index is 12.2. The molecule has 0 aliphatic heterocycles. The molecule has 2 aromatic carbocycles. The van der Waals surface area contributed by atoms with Crippen molar-refractivity contribution in [3.63, 3.8) is 0 Å². The number of nitro benzene ring substituents is 1. The van der Waals surface area contributed by atoms with Crippen LogP contribution in [0.25, 0.3) is 6.08 Å².